The van der Waals surface area contributed by atoms with E-state index in [2.05, 4.69) is 4.98 Å². The van der Waals surface area contributed by atoms with Gasteiger partial charge in [0.15, 0.2) is 0 Å². The van der Waals surface area contributed by atoms with Gasteiger partial charge in [0.1, 0.15) is 23.7 Å². The first-order chi connectivity index (χ1) is 14.2. The summed E-state index contributed by atoms with van der Waals surface area (Å²) < 4.78 is 17.3. The average molecular weight is 417 g/mol. The molecule has 1 aromatic heterocycles. The summed E-state index contributed by atoms with van der Waals surface area (Å²) in [5, 5.41) is 0.688. The molecule has 2 aliphatic rings. The number of nitrogens with zero attached hydrogens (tertiary/aromatic N) is 2. The molecular weight excluding hydrogens is 392 g/mol. The maximum absolute atomic E-state index is 12.9. The highest BCUT2D eigenvalue weighted by atomic mass is 35.5. The van der Waals surface area contributed by atoms with Gasteiger partial charge in [0.2, 0.25) is 5.88 Å². The quantitative estimate of drug-likeness (QED) is 0.737. The van der Waals surface area contributed by atoms with Gasteiger partial charge < -0.3 is 19.1 Å². The van der Waals surface area contributed by atoms with Crippen LogP contribution in [0.1, 0.15) is 36.2 Å². The van der Waals surface area contributed by atoms with Gasteiger partial charge in [0, 0.05) is 49.9 Å². The van der Waals surface area contributed by atoms with E-state index < -0.39 is 0 Å². The summed E-state index contributed by atoms with van der Waals surface area (Å²) in [4.78, 5) is 19.2. The van der Waals surface area contributed by atoms with Crippen LogP contribution in [0.3, 0.4) is 0 Å². The molecule has 3 heterocycles. The van der Waals surface area contributed by atoms with Crippen LogP contribution in [-0.4, -0.2) is 54.3 Å². The number of carbonyl (C=O) groups excluding carboxylic acids is 1. The molecule has 0 saturated carbocycles. The van der Waals surface area contributed by atoms with Gasteiger partial charge in [0.05, 0.1) is 13.2 Å². The van der Waals surface area contributed by atoms with Crippen molar-refractivity contribution in [1.29, 1.82) is 0 Å². The van der Waals surface area contributed by atoms with Crippen LogP contribution >= 0.6 is 11.6 Å². The van der Waals surface area contributed by atoms with E-state index in [1.807, 2.05) is 35.2 Å². The molecule has 0 bridgehead atoms. The van der Waals surface area contributed by atoms with Crippen LogP contribution in [0.25, 0.3) is 0 Å². The molecule has 0 radical (unpaired) electrons. The Labute approximate surface area is 175 Å². The molecule has 0 aliphatic carbocycles. The molecule has 0 unspecified atom stereocenters. The van der Waals surface area contributed by atoms with Crippen LogP contribution in [0.4, 0.5) is 0 Å². The number of aromatic nitrogens is 1. The van der Waals surface area contributed by atoms with E-state index in [4.69, 9.17) is 25.8 Å². The molecule has 1 amide bonds. The Bertz CT molecular complexity index is 816. The van der Waals surface area contributed by atoms with Gasteiger partial charge in [-0.2, -0.15) is 0 Å². The van der Waals surface area contributed by atoms with Gasteiger partial charge >= 0.3 is 0 Å². The molecule has 7 heteroatoms. The molecule has 29 heavy (non-hydrogen) atoms. The Morgan fingerprint density at radius 3 is 2.38 bits per heavy atom. The van der Waals surface area contributed by atoms with Gasteiger partial charge in [-0.3, -0.25) is 4.79 Å². The normalized spacial score (nSPS) is 18.4. The molecule has 6 nitrogen and oxygen atoms in total. The lowest BCUT2D eigenvalue weighted by molar-refractivity contribution is 0.0235. The number of carbonyl (C=O) groups is 1. The lowest BCUT2D eigenvalue weighted by atomic mass is 10.1. The second-order valence-corrected chi connectivity index (χ2v) is 7.79. The van der Waals surface area contributed by atoms with Crippen molar-refractivity contribution in [1.82, 2.24) is 9.88 Å². The predicted octanol–water partition coefficient (Wildman–Crippen LogP) is 3.98. The number of pyridine rings is 1. The summed E-state index contributed by atoms with van der Waals surface area (Å²) in [7, 11) is 0. The van der Waals surface area contributed by atoms with Crippen LogP contribution in [-0.2, 0) is 4.74 Å². The number of likely N-dealkylation sites (tertiary alicyclic amines) is 1. The molecule has 2 aromatic rings. The maximum atomic E-state index is 12.9. The third-order valence-corrected chi connectivity index (χ3v) is 5.50. The summed E-state index contributed by atoms with van der Waals surface area (Å²) in [5.41, 5.74) is 0.423. The fourth-order valence-electron chi connectivity index (χ4n) is 3.61. The Hall–Kier alpha value is -2.31. The minimum Gasteiger partial charge on any atom is -0.490 e. The van der Waals surface area contributed by atoms with E-state index >= 15 is 0 Å². The summed E-state index contributed by atoms with van der Waals surface area (Å²) in [5.74, 6) is 1.25. The van der Waals surface area contributed by atoms with Crippen molar-refractivity contribution >= 4 is 17.5 Å². The lowest BCUT2D eigenvalue weighted by Gasteiger charge is -2.32. The summed E-state index contributed by atoms with van der Waals surface area (Å²) in [6.07, 6.45) is 3.46. The molecule has 154 valence electrons. The fraction of sp³-hybridized carbons (Fsp3) is 0.455. The molecular formula is C22H25ClN2O4. The van der Waals surface area contributed by atoms with Crippen LogP contribution in [0.2, 0.25) is 5.02 Å². The monoisotopic (exact) mass is 416 g/mol. The molecule has 0 N–H and O–H groups in total. The van der Waals surface area contributed by atoms with Crippen molar-refractivity contribution in [3.05, 3.63) is 53.2 Å². The second-order valence-electron chi connectivity index (χ2n) is 7.35. The summed E-state index contributed by atoms with van der Waals surface area (Å²) in [6.45, 7) is 2.69. The first-order valence-corrected chi connectivity index (χ1v) is 10.5. The number of hydrogen-bond acceptors (Lipinski definition) is 5. The van der Waals surface area contributed by atoms with E-state index in [1.54, 1.807) is 12.1 Å². The molecule has 4 rings (SSSR count). The first-order valence-electron chi connectivity index (χ1n) is 10.1. The predicted molar refractivity (Wildman–Crippen MR) is 110 cm³/mol. The highest BCUT2D eigenvalue weighted by molar-refractivity contribution is 6.30. The molecule has 1 aromatic carbocycles. The number of amides is 1. The Morgan fingerprint density at radius 2 is 1.66 bits per heavy atom. The first kappa shape index (κ1) is 20.0. The van der Waals surface area contributed by atoms with Crippen LogP contribution in [0, 0.1) is 0 Å². The van der Waals surface area contributed by atoms with Gasteiger partial charge in [-0.25, -0.2) is 4.98 Å². The van der Waals surface area contributed by atoms with Gasteiger partial charge in [-0.05, 0) is 30.3 Å². The summed E-state index contributed by atoms with van der Waals surface area (Å²) >= 11 is 5.91. The van der Waals surface area contributed by atoms with E-state index in [-0.39, 0.29) is 18.1 Å². The Kier molecular flexibility index (Phi) is 6.52. The fourth-order valence-corrected chi connectivity index (χ4v) is 3.73. The minimum atomic E-state index is -0.0626. The number of benzene rings is 1. The van der Waals surface area contributed by atoms with Crippen molar-refractivity contribution in [3.63, 3.8) is 0 Å². The largest absolute Gasteiger partial charge is 0.490 e. The smallest absolute Gasteiger partial charge is 0.272 e. The van der Waals surface area contributed by atoms with Crippen molar-refractivity contribution < 1.29 is 19.0 Å². The number of rotatable bonds is 5. The standard InChI is InChI=1S/C22H25ClN2O4/c23-16-4-6-17(7-5-16)28-18-8-12-25(13-9-18)22(26)20-2-1-3-21(24-20)29-19-10-14-27-15-11-19/h1-7,18-19H,8-15H2. The van der Waals surface area contributed by atoms with Gasteiger partial charge in [-0.1, -0.05) is 17.7 Å². The van der Waals surface area contributed by atoms with E-state index in [1.165, 1.54) is 0 Å². The molecule has 2 fully saturated rings. The zero-order valence-corrected chi connectivity index (χ0v) is 17.0. The molecule has 0 atom stereocenters. The van der Waals surface area contributed by atoms with Crippen molar-refractivity contribution in [2.75, 3.05) is 26.3 Å². The Balaban J connectivity index is 1.31. The maximum Gasteiger partial charge on any atom is 0.272 e. The minimum absolute atomic E-state index is 0.0626. The van der Waals surface area contributed by atoms with Crippen molar-refractivity contribution in [2.45, 2.75) is 37.9 Å². The lowest BCUT2D eigenvalue weighted by Crippen LogP contribution is -2.42. The zero-order valence-electron chi connectivity index (χ0n) is 16.3. The van der Waals surface area contributed by atoms with E-state index in [0.29, 0.717) is 42.9 Å². The van der Waals surface area contributed by atoms with E-state index in [0.717, 1.165) is 31.4 Å². The zero-order chi connectivity index (χ0) is 20.1. The molecule has 2 saturated heterocycles. The Morgan fingerprint density at radius 1 is 0.966 bits per heavy atom. The highest BCUT2D eigenvalue weighted by Crippen LogP contribution is 2.22. The van der Waals surface area contributed by atoms with Crippen molar-refractivity contribution in [3.8, 4) is 11.6 Å². The SMILES string of the molecule is O=C(c1cccc(OC2CCOCC2)n1)N1CCC(Oc2ccc(Cl)cc2)CC1. The third-order valence-electron chi connectivity index (χ3n) is 5.24. The van der Waals surface area contributed by atoms with Gasteiger partial charge in [-0.15, -0.1) is 0 Å². The van der Waals surface area contributed by atoms with Crippen LogP contribution in [0.15, 0.2) is 42.5 Å². The topological polar surface area (TPSA) is 60.9 Å². The number of halogens is 1. The van der Waals surface area contributed by atoms with Crippen LogP contribution < -0.4 is 9.47 Å². The van der Waals surface area contributed by atoms with Crippen molar-refractivity contribution in [2.24, 2.45) is 0 Å². The average Bonchev–Trinajstić information content (AvgIpc) is 2.76. The molecule has 2 aliphatic heterocycles. The number of ether oxygens (including phenoxy) is 3. The highest BCUT2D eigenvalue weighted by Gasteiger charge is 2.26. The number of hydrogen-bond donors (Lipinski definition) is 0. The van der Waals surface area contributed by atoms with E-state index in [9.17, 15) is 4.79 Å². The van der Waals surface area contributed by atoms with Gasteiger partial charge in [0.25, 0.3) is 5.91 Å². The number of piperidine rings is 1. The second kappa shape index (κ2) is 9.46. The van der Waals surface area contributed by atoms with Crippen LogP contribution in [0.5, 0.6) is 11.6 Å². The molecule has 0 spiro atoms. The third kappa shape index (κ3) is 5.40. The summed E-state index contributed by atoms with van der Waals surface area (Å²) in [6, 6.07) is 12.7.